The SMILES string of the molecule is CC.CCN(C)Cc1ccc(N2CCOCC2)cc1. The van der Waals surface area contributed by atoms with E-state index in [1.54, 1.807) is 0 Å². The summed E-state index contributed by atoms with van der Waals surface area (Å²) in [5.41, 5.74) is 2.70. The summed E-state index contributed by atoms with van der Waals surface area (Å²) in [6.07, 6.45) is 0. The van der Waals surface area contributed by atoms with Crippen LogP contribution in [-0.2, 0) is 11.3 Å². The largest absolute Gasteiger partial charge is 0.378 e. The molecule has 0 N–H and O–H groups in total. The van der Waals surface area contributed by atoms with E-state index in [-0.39, 0.29) is 0 Å². The molecule has 3 heteroatoms. The van der Waals surface area contributed by atoms with Gasteiger partial charge in [-0.25, -0.2) is 0 Å². The lowest BCUT2D eigenvalue weighted by Crippen LogP contribution is -2.36. The second-order valence-corrected chi connectivity index (χ2v) is 4.60. The van der Waals surface area contributed by atoms with E-state index in [2.05, 4.69) is 48.0 Å². The second kappa shape index (κ2) is 8.94. The van der Waals surface area contributed by atoms with Gasteiger partial charge >= 0.3 is 0 Å². The van der Waals surface area contributed by atoms with Crippen molar-refractivity contribution in [2.45, 2.75) is 27.3 Å². The minimum Gasteiger partial charge on any atom is -0.378 e. The fourth-order valence-corrected chi connectivity index (χ4v) is 2.06. The standard InChI is InChI=1S/C14H22N2O.C2H6/c1-3-15(2)12-13-4-6-14(7-5-13)16-8-10-17-11-9-16;1-2/h4-7H,3,8-12H2,1-2H3;1-2H3. The molecule has 0 aliphatic carbocycles. The van der Waals surface area contributed by atoms with Gasteiger partial charge < -0.3 is 14.5 Å². The molecule has 1 fully saturated rings. The Morgan fingerprint density at radius 1 is 1.11 bits per heavy atom. The van der Waals surface area contributed by atoms with Crippen LogP contribution in [0.2, 0.25) is 0 Å². The van der Waals surface area contributed by atoms with Crippen LogP contribution in [0.5, 0.6) is 0 Å². The van der Waals surface area contributed by atoms with Gasteiger partial charge in [-0.15, -0.1) is 0 Å². The fraction of sp³-hybridized carbons (Fsp3) is 0.625. The molecule has 1 heterocycles. The van der Waals surface area contributed by atoms with Crippen molar-refractivity contribution in [2.75, 3.05) is 44.8 Å². The first-order valence-electron chi connectivity index (χ1n) is 7.40. The molecule has 0 saturated carbocycles. The third kappa shape index (κ3) is 5.21. The Labute approximate surface area is 118 Å². The summed E-state index contributed by atoms with van der Waals surface area (Å²) in [4.78, 5) is 4.69. The van der Waals surface area contributed by atoms with Crippen LogP contribution in [0.1, 0.15) is 26.3 Å². The van der Waals surface area contributed by atoms with Crippen molar-refractivity contribution in [3.8, 4) is 0 Å². The molecule has 0 aromatic heterocycles. The number of anilines is 1. The summed E-state index contributed by atoms with van der Waals surface area (Å²) >= 11 is 0. The van der Waals surface area contributed by atoms with Gasteiger partial charge in [0, 0.05) is 25.3 Å². The number of rotatable bonds is 4. The molecule has 0 radical (unpaired) electrons. The maximum atomic E-state index is 5.36. The van der Waals surface area contributed by atoms with E-state index in [1.165, 1.54) is 11.3 Å². The van der Waals surface area contributed by atoms with Crippen LogP contribution in [0.15, 0.2) is 24.3 Å². The zero-order valence-electron chi connectivity index (χ0n) is 12.9. The molecular formula is C16H28N2O. The third-order valence-corrected chi connectivity index (χ3v) is 3.30. The van der Waals surface area contributed by atoms with Crippen LogP contribution in [0.25, 0.3) is 0 Å². The quantitative estimate of drug-likeness (QED) is 0.831. The molecule has 1 aromatic rings. The van der Waals surface area contributed by atoms with Crippen LogP contribution in [0, 0.1) is 0 Å². The molecule has 0 atom stereocenters. The second-order valence-electron chi connectivity index (χ2n) is 4.60. The van der Waals surface area contributed by atoms with Gasteiger partial charge in [0.2, 0.25) is 0 Å². The van der Waals surface area contributed by atoms with E-state index in [4.69, 9.17) is 4.74 Å². The molecule has 0 spiro atoms. The molecule has 0 bridgehead atoms. The topological polar surface area (TPSA) is 15.7 Å². The number of morpholine rings is 1. The summed E-state index contributed by atoms with van der Waals surface area (Å²) in [6, 6.07) is 8.92. The minimum atomic E-state index is 0.848. The Balaban J connectivity index is 0.000000861. The number of hydrogen-bond donors (Lipinski definition) is 0. The fourth-order valence-electron chi connectivity index (χ4n) is 2.06. The summed E-state index contributed by atoms with van der Waals surface area (Å²) in [5, 5.41) is 0. The van der Waals surface area contributed by atoms with Gasteiger partial charge in [-0.05, 0) is 31.3 Å². The molecule has 0 unspecified atom stereocenters. The lowest BCUT2D eigenvalue weighted by Gasteiger charge is -2.29. The van der Waals surface area contributed by atoms with Crippen LogP contribution >= 0.6 is 0 Å². The third-order valence-electron chi connectivity index (χ3n) is 3.30. The summed E-state index contributed by atoms with van der Waals surface area (Å²) in [7, 11) is 2.15. The van der Waals surface area contributed by atoms with Crippen molar-refractivity contribution in [3.63, 3.8) is 0 Å². The molecule has 1 saturated heterocycles. The lowest BCUT2D eigenvalue weighted by atomic mass is 10.2. The average molecular weight is 264 g/mol. The average Bonchev–Trinajstić information content (AvgIpc) is 2.51. The predicted octanol–water partition coefficient (Wildman–Crippen LogP) is 3.00. The highest BCUT2D eigenvalue weighted by Gasteiger charge is 2.10. The van der Waals surface area contributed by atoms with Crippen LogP contribution in [0.3, 0.4) is 0 Å². The highest BCUT2D eigenvalue weighted by molar-refractivity contribution is 5.47. The zero-order valence-corrected chi connectivity index (χ0v) is 12.9. The first-order valence-corrected chi connectivity index (χ1v) is 7.40. The van der Waals surface area contributed by atoms with Gasteiger partial charge in [-0.3, -0.25) is 0 Å². The van der Waals surface area contributed by atoms with Gasteiger partial charge in [0.15, 0.2) is 0 Å². The van der Waals surface area contributed by atoms with Crippen LogP contribution in [0.4, 0.5) is 5.69 Å². The molecule has 0 amide bonds. The number of nitrogens with zero attached hydrogens (tertiary/aromatic N) is 2. The Morgan fingerprint density at radius 2 is 1.68 bits per heavy atom. The van der Waals surface area contributed by atoms with Crippen molar-refractivity contribution in [2.24, 2.45) is 0 Å². The van der Waals surface area contributed by atoms with Crippen molar-refractivity contribution < 1.29 is 4.74 Å². The van der Waals surface area contributed by atoms with Gasteiger partial charge in [0.05, 0.1) is 13.2 Å². The van der Waals surface area contributed by atoms with Gasteiger partial charge in [0.25, 0.3) is 0 Å². The van der Waals surface area contributed by atoms with Crippen molar-refractivity contribution >= 4 is 5.69 Å². The maximum absolute atomic E-state index is 5.36. The van der Waals surface area contributed by atoms with Gasteiger partial charge in [-0.2, -0.15) is 0 Å². The van der Waals surface area contributed by atoms with Gasteiger partial charge in [0.1, 0.15) is 0 Å². The molecule has 1 aromatic carbocycles. The smallest absolute Gasteiger partial charge is 0.0642 e. The monoisotopic (exact) mass is 264 g/mol. The summed E-state index contributed by atoms with van der Waals surface area (Å²) < 4.78 is 5.36. The van der Waals surface area contributed by atoms with E-state index in [0.717, 1.165) is 39.4 Å². The van der Waals surface area contributed by atoms with Crippen molar-refractivity contribution in [3.05, 3.63) is 29.8 Å². The first kappa shape index (κ1) is 16.0. The Bertz CT molecular complexity index is 331. The highest BCUT2D eigenvalue weighted by Crippen LogP contribution is 2.17. The van der Waals surface area contributed by atoms with Gasteiger partial charge in [-0.1, -0.05) is 32.9 Å². The highest BCUT2D eigenvalue weighted by atomic mass is 16.5. The van der Waals surface area contributed by atoms with E-state index in [0.29, 0.717) is 0 Å². The van der Waals surface area contributed by atoms with E-state index >= 15 is 0 Å². The van der Waals surface area contributed by atoms with E-state index in [1.807, 2.05) is 13.8 Å². The minimum absolute atomic E-state index is 0.848. The number of ether oxygens (including phenoxy) is 1. The number of hydrogen-bond acceptors (Lipinski definition) is 3. The van der Waals surface area contributed by atoms with Crippen LogP contribution < -0.4 is 4.90 Å². The molecule has 1 aliphatic heterocycles. The zero-order chi connectivity index (χ0) is 14.1. The van der Waals surface area contributed by atoms with Crippen LogP contribution in [-0.4, -0.2) is 44.8 Å². The Hall–Kier alpha value is -1.06. The summed E-state index contributed by atoms with van der Waals surface area (Å²) in [5.74, 6) is 0. The molecule has 3 nitrogen and oxygen atoms in total. The maximum Gasteiger partial charge on any atom is 0.0642 e. The van der Waals surface area contributed by atoms with E-state index in [9.17, 15) is 0 Å². The Morgan fingerprint density at radius 3 is 2.21 bits per heavy atom. The molecular weight excluding hydrogens is 236 g/mol. The molecule has 2 rings (SSSR count). The van der Waals surface area contributed by atoms with Crippen molar-refractivity contribution in [1.82, 2.24) is 4.90 Å². The molecule has 1 aliphatic rings. The number of benzene rings is 1. The molecule has 19 heavy (non-hydrogen) atoms. The van der Waals surface area contributed by atoms with Crippen molar-refractivity contribution in [1.29, 1.82) is 0 Å². The van der Waals surface area contributed by atoms with E-state index < -0.39 is 0 Å². The predicted molar refractivity (Wildman–Crippen MR) is 82.8 cm³/mol. The normalized spacial score (nSPS) is 15.1. The summed E-state index contributed by atoms with van der Waals surface area (Å²) in [6.45, 7) is 12.0. The first-order chi connectivity index (χ1) is 9.29. The lowest BCUT2D eigenvalue weighted by molar-refractivity contribution is 0.122. The Kier molecular flexibility index (Phi) is 7.53. The molecule has 108 valence electrons.